The van der Waals surface area contributed by atoms with Crippen LogP contribution in [-0.4, -0.2) is 47.5 Å². The molecule has 0 atom stereocenters. The first kappa shape index (κ1) is 13.3. The maximum absolute atomic E-state index is 10.5. The topological polar surface area (TPSA) is 58.5 Å². The van der Waals surface area contributed by atoms with Crippen molar-refractivity contribution in [1.82, 2.24) is 9.97 Å². The van der Waals surface area contributed by atoms with Crippen LogP contribution in [-0.2, 0) is 4.74 Å². The highest BCUT2D eigenvalue weighted by Gasteiger charge is 2.31. The molecule has 20 heavy (non-hydrogen) atoms. The maximum Gasteiger partial charge on any atom is 0.225 e. The van der Waals surface area contributed by atoms with Gasteiger partial charge in [0.1, 0.15) is 0 Å². The van der Waals surface area contributed by atoms with Crippen molar-refractivity contribution >= 4 is 16.9 Å². The van der Waals surface area contributed by atoms with Crippen LogP contribution < -0.4 is 4.90 Å². The van der Waals surface area contributed by atoms with Gasteiger partial charge in [-0.25, -0.2) is 9.97 Å². The number of ether oxygens (including phenoxy) is 1. The van der Waals surface area contributed by atoms with Crippen molar-refractivity contribution in [2.24, 2.45) is 0 Å². The Hall–Kier alpha value is -1.72. The summed E-state index contributed by atoms with van der Waals surface area (Å²) in [5, 5.41) is 11.6. The van der Waals surface area contributed by atoms with Gasteiger partial charge in [0, 0.05) is 51.2 Å². The van der Waals surface area contributed by atoms with E-state index in [1.807, 2.05) is 42.4 Å². The molecule has 2 aromatic rings. The lowest BCUT2D eigenvalue weighted by atomic mass is 9.94. The number of likely N-dealkylation sites (N-methyl/N-ethyl adjacent to an activating group) is 1. The lowest BCUT2D eigenvalue weighted by Gasteiger charge is -2.35. The van der Waals surface area contributed by atoms with Crippen LogP contribution in [0.15, 0.2) is 30.5 Å². The van der Waals surface area contributed by atoms with Gasteiger partial charge in [0.15, 0.2) is 0 Å². The predicted octanol–water partition coefficient (Wildman–Crippen LogP) is 1.61. The quantitative estimate of drug-likeness (QED) is 0.920. The van der Waals surface area contributed by atoms with Crippen LogP contribution in [0.4, 0.5) is 5.95 Å². The standard InChI is InChI=1S/C15H19N3O2/c1-18(11-15(19)6-8-20-9-7-15)14-16-10-12-4-2-3-5-13(12)17-14/h2-5,10,19H,6-9,11H2,1H3. The minimum Gasteiger partial charge on any atom is -0.388 e. The zero-order valence-corrected chi connectivity index (χ0v) is 11.6. The van der Waals surface area contributed by atoms with Gasteiger partial charge >= 0.3 is 0 Å². The number of aliphatic hydroxyl groups is 1. The minimum absolute atomic E-state index is 0.523. The van der Waals surface area contributed by atoms with Gasteiger partial charge in [-0.05, 0) is 6.07 Å². The molecule has 5 nitrogen and oxygen atoms in total. The number of anilines is 1. The third-order valence-electron chi connectivity index (χ3n) is 3.77. The van der Waals surface area contributed by atoms with E-state index in [0.29, 0.717) is 38.5 Å². The van der Waals surface area contributed by atoms with Crippen molar-refractivity contribution in [3.8, 4) is 0 Å². The normalized spacial score (nSPS) is 18.1. The summed E-state index contributed by atoms with van der Waals surface area (Å²) in [6, 6.07) is 7.90. The molecular formula is C15H19N3O2. The molecule has 5 heteroatoms. The monoisotopic (exact) mass is 273 g/mol. The van der Waals surface area contributed by atoms with Crippen LogP contribution in [0.3, 0.4) is 0 Å². The lowest BCUT2D eigenvalue weighted by molar-refractivity contribution is -0.0573. The molecule has 0 unspecified atom stereocenters. The number of nitrogens with zero attached hydrogens (tertiary/aromatic N) is 3. The highest BCUT2D eigenvalue weighted by Crippen LogP contribution is 2.23. The molecule has 1 aromatic heterocycles. The van der Waals surface area contributed by atoms with Crippen LogP contribution in [0.1, 0.15) is 12.8 Å². The molecule has 2 heterocycles. The van der Waals surface area contributed by atoms with Crippen molar-refractivity contribution in [3.05, 3.63) is 30.5 Å². The van der Waals surface area contributed by atoms with Gasteiger partial charge in [-0.3, -0.25) is 0 Å². The second kappa shape index (κ2) is 5.34. The van der Waals surface area contributed by atoms with Crippen LogP contribution >= 0.6 is 0 Å². The summed E-state index contributed by atoms with van der Waals surface area (Å²) in [7, 11) is 1.91. The number of benzene rings is 1. The summed E-state index contributed by atoms with van der Waals surface area (Å²) in [4.78, 5) is 10.8. The fourth-order valence-electron chi connectivity index (χ4n) is 2.57. The van der Waals surface area contributed by atoms with Gasteiger partial charge in [0.2, 0.25) is 5.95 Å². The second-order valence-corrected chi connectivity index (χ2v) is 5.42. The molecule has 1 fully saturated rings. The zero-order chi connectivity index (χ0) is 14.0. The average molecular weight is 273 g/mol. The molecule has 106 valence electrons. The third-order valence-corrected chi connectivity index (χ3v) is 3.77. The number of aromatic nitrogens is 2. The first-order valence-electron chi connectivity index (χ1n) is 6.89. The van der Waals surface area contributed by atoms with Crippen LogP contribution in [0, 0.1) is 0 Å². The molecule has 1 saturated heterocycles. The van der Waals surface area contributed by atoms with Crippen molar-refractivity contribution in [3.63, 3.8) is 0 Å². The first-order chi connectivity index (χ1) is 9.66. The van der Waals surface area contributed by atoms with Gasteiger partial charge in [-0.15, -0.1) is 0 Å². The fraction of sp³-hybridized carbons (Fsp3) is 0.467. The summed E-state index contributed by atoms with van der Waals surface area (Å²) in [6.07, 6.45) is 3.14. The molecule has 1 aromatic carbocycles. The van der Waals surface area contributed by atoms with E-state index in [2.05, 4.69) is 9.97 Å². The Morgan fingerprint density at radius 2 is 2.05 bits per heavy atom. The van der Waals surface area contributed by atoms with Crippen LogP contribution in [0.5, 0.6) is 0 Å². The van der Waals surface area contributed by atoms with Crippen molar-refractivity contribution < 1.29 is 9.84 Å². The average Bonchev–Trinajstić information content (AvgIpc) is 2.47. The predicted molar refractivity (Wildman–Crippen MR) is 77.8 cm³/mol. The van der Waals surface area contributed by atoms with Gasteiger partial charge in [0.25, 0.3) is 0 Å². The molecule has 0 saturated carbocycles. The van der Waals surface area contributed by atoms with Crippen molar-refractivity contribution in [1.29, 1.82) is 0 Å². The number of rotatable bonds is 3. The van der Waals surface area contributed by atoms with E-state index in [1.165, 1.54) is 0 Å². The molecular weight excluding hydrogens is 254 g/mol. The van der Waals surface area contributed by atoms with Gasteiger partial charge < -0.3 is 14.7 Å². The molecule has 0 amide bonds. The van der Waals surface area contributed by atoms with Gasteiger partial charge in [0.05, 0.1) is 11.1 Å². The molecule has 0 spiro atoms. The molecule has 0 bridgehead atoms. The molecule has 1 aliphatic heterocycles. The largest absolute Gasteiger partial charge is 0.388 e. The SMILES string of the molecule is CN(CC1(O)CCOCC1)c1ncc2ccccc2n1. The summed E-state index contributed by atoms with van der Waals surface area (Å²) >= 11 is 0. The molecule has 3 rings (SSSR count). The maximum atomic E-state index is 10.5. The highest BCUT2D eigenvalue weighted by molar-refractivity contribution is 5.78. The molecule has 1 N–H and O–H groups in total. The molecule has 1 aliphatic rings. The van der Waals surface area contributed by atoms with Crippen LogP contribution in [0.2, 0.25) is 0 Å². The highest BCUT2D eigenvalue weighted by atomic mass is 16.5. The fourth-order valence-corrected chi connectivity index (χ4v) is 2.57. The number of para-hydroxylation sites is 1. The van der Waals surface area contributed by atoms with Crippen molar-refractivity contribution in [2.45, 2.75) is 18.4 Å². The van der Waals surface area contributed by atoms with Crippen LogP contribution in [0.25, 0.3) is 10.9 Å². The smallest absolute Gasteiger partial charge is 0.225 e. The van der Waals surface area contributed by atoms with E-state index < -0.39 is 5.60 Å². The Labute approximate surface area is 118 Å². The Morgan fingerprint density at radius 3 is 2.85 bits per heavy atom. The lowest BCUT2D eigenvalue weighted by Crippen LogP contribution is -2.46. The van der Waals surface area contributed by atoms with E-state index in [0.717, 1.165) is 10.9 Å². The summed E-state index contributed by atoms with van der Waals surface area (Å²) < 4.78 is 5.30. The summed E-state index contributed by atoms with van der Waals surface area (Å²) in [5.74, 6) is 0.642. The minimum atomic E-state index is -0.706. The van der Waals surface area contributed by atoms with E-state index in [9.17, 15) is 5.11 Å². The molecule has 0 aliphatic carbocycles. The summed E-state index contributed by atoms with van der Waals surface area (Å²) in [6.45, 7) is 1.75. The first-order valence-corrected chi connectivity index (χ1v) is 6.89. The molecule has 0 radical (unpaired) electrons. The Morgan fingerprint density at radius 1 is 1.30 bits per heavy atom. The number of hydrogen-bond donors (Lipinski definition) is 1. The van der Waals surface area contributed by atoms with E-state index in [1.54, 1.807) is 0 Å². The van der Waals surface area contributed by atoms with E-state index >= 15 is 0 Å². The van der Waals surface area contributed by atoms with E-state index in [4.69, 9.17) is 4.74 Å². The Kier molecular flexibility index (Phi) is 3.54. The van der Waals surface area contributed by atoms with E-state index in [-0.39, 0.29) is 0 Å². The Balaban J connectivity index is 1.79. The number of fused-ring (bicyclic) bond motifs is 1. The van der Waals surface area contributed by atoms with Crippen molar-refractivity contribution in [2.75, 3.05) is 31.7 Å². The summed E-state index contributed by atoms with van der Waals surface area (Å²) in [5.41, 5.74) is 0.213. The number of hydrogen-bond acceptors (Lipinski definition) is 5. The third kappa shape index (κ3) is 2.73. The Bertz CT molecular complexity index is 596. The van der Waals surface area contributed by atoms with Gasteiger partial charge in [-0.2, -0.15) is 0 Å². The zero-order valence-electron chi connectivity index (χ0n) is 11.6. The second-order valence-electron chi connectivity index (χ2n) is 5.42. The van der Waals surface area contributed by atoms with Gasteiger partial charge in [-0.1, -0.05) is 18.2 Å².